The highest BCUT2D eigenvalue weighted by Gasteiger charge is 2.44. The first kappa shape index (κ1) is 17.2. The van der Waals surface area contributed by atoms with Gasteiger partial charge in [-0.3, -0.25) is 4.79 Å². The van der Waals surface area contributed by atoms with E-state index >= 15 is 0 Å². The fourth-order valence-electron chi connectivity index (χ4n) is 2.47. The number of hydrogen-bond donors (Lipinski definition) is 0. The average molecular weight is 313 g/mol. The van der Waals surface area contributed by atoms with Gasteiger partial charge in [-0.15, -0.1) is 0 Å². The number of esters is 1. The predicted molar refractivity (Wildman–Crippen MR) is 75.2 cm³/mol. The first-order valence-corrected chi connectivity index (χ1v) is 7.02. The SMILES string of the molecule is CCOC(=O)C1(CC)CCOc2cc(Cl)ccc21.O=C=O. The normalized spacial score (nSPS) is 19.2. The highest BCUT2D eigenvalue weighted by atomic mass is 35.5. The molecule has 1 aliphatic heterocycles. The lowest BCUT2D eigenvalue weighted by Crippen LogP contribution is -2.41. The fourth-order valence-corrected chi connectivity index (χ4v) is 2.64. The maximum absolute atomic E-state index is 12.3. The second kappa shape index (κ2) is 7.81. The molecule has 1 aliphatic rings. The molecular weight excluding hydrogens is 296 g/mol. The van der Waals surface area contributed by atoms with Crippen LogP contribution in [0, 0.1) is 0 Å². The molecule has 0 amide bonds. The van der Waals surface area contributed by atoms with Crippen molar-refractivity contribution in [3.05, 3.63) is 28.8 Å². The first-order valence-electron chi connectivity index (χ1n) is 6.65. The van der Waals surface area contributed by atoms with Gasteiger partial charge in [0.2, 0.25) is 0 Å². The van der Waals surface area contributed by atoms with Gasteiger partial charge in [0.25, 0.3) is 0 Å². The van der Waals surface area contributed by atoms with Gasteiger partial charge in [0.15, 0.2) is 0 Å². The van der Waals surface area contributed by atoms with Crippen LogP contribution in [0.4, 0.5) is 0 Å². The Bertz CT molecular complexity index is 537. The van der Waals surface area contributed by atoms with Crippen LogP contribution in [0.1, 0.15) is 32.3 Å². The van der Waals surface area contributed by atoms with Crippen LogP contribution in [0.3, 0.4) is 0 Å². The van der Waals surface area contributed by atoms with E-state index in [1.165, 1.54) is 0 Å². The highest BCUT2D eigenvalue weighted by Crippen LogP contribution is 2.43. The Morgan fingerprint density at radius 1 is 1.43 bits per heavy atom. The Morgan fingerprint density at radius 2 is 2.10 bits per heavy atom. The van der Waals surface area contributed by atoms with E-state index in [1.807, 2.05) is 19.9 Å². The van der Waals surface area contributed by atoms with Gasteiger partial charge in [0.1, 0.15) is 5.75 Å². The summed E-state index contributed by atoms with van der Waals surface area (Å²) in [6, 6.07) is 5.43. The summed E-state index contributed by atoms with van der Waals surface area (Å²) >= 11 is 5.96. The number of fused-ring (bicyclic) bond motifs is 1. The minimum atomic E-state index is -0.589. The van der Waals surface area contributed by atoms with E-state index in [-0.39, 0.29) is 12.1 Å². The molecule has 0 N–H and O–H groups in total. The van der Waals surface area contributed by atoms with E-state index in [0.717, 1.165) is 5.56 Å². The van der Waals surface area contributed by atoms with Crippen molar-refractivity contribution in [1.82, 2.24) is 0 Å². The summed E-state index contributed by atoms with van der Waals surface area (Å²) in [6.07, 6.45) is 1.60. The zero-order valence-electron chi connectivity index (χ0n) is 12.0. The van der Waals surface area contributed by atoms with E-state index in [1.54, 1.807) is 12.1 Å². The zero-order valence-corrected chi connectivity index (χ0v) is 12.7. The number of benzene rings is 1. The van der Waals surface area contributed by atoms with Crippen molar-refractivity contribution in [2.24, 2.45) is 0 Å². The molecule has 21 heavy (non-hydrogen) atoms. The Labute approximate surface area is 128 Å². The maximum atomic E-state index is 12.3. The van der Waals surface area contributed by atoms with Gasteiger partial charge in [-0.05, 0) is 25.5 Å². The van der Waals surface area contributed by atoms with E-state index < -0.39 is 5.41 Å². The van der Waals surface area contributed by atoms with Crippen LogP contribution in [-0.4, -0.2) is 25.3 Å². The van der Waals surface area contributed by atoms with Crippen molar-refractivity contribution in [2.75, 3.05) is 13.2 Å². The van der Waals surface area contributed by atoms with Gasteiger partial charge in [-0.1, -0.05) is 24.6 Å². The van der Waals surface area contributed by atoms with E-state index in [0.29, 0.717) is 36.8 Å². The zero-order chi connectivity index (χ0) is 15.9. The van der Waals surface area contributed by atoms with Crippen LogP contribution in [-0.2, 0) is 24.5 Å². The summed E-state index contributed by atoms with van der Waals surface area (Å²) in [6.45, 7) is 4.73. The minimum absolute atomic E-state index is 0.167. The summed E-state index contributed by atoms with van der Waals surface area (Å²) in [5.74, 6) is 0.531. The highest BCUT2D eigenvalue weighted by molar-refractivity contribution is 6.30. The average Bonchev–Trinajstić information content (AvgIpc) is 2.47. The molecule has 6 heteroatoms. The molecule has 0 spiro atoms. The molecule has 0 fully saturated rings. The van der Waals surface area contributed by atoms with Crippen molar-refractivity contribution < 1.29 is 23.9 Å². The Balaban J connectivity index is 0.000000677. The van der Waals surface area contributed by atoms with Crippen LogP contribution in [0.5, 0.6) is 5.75 Å². The lowest BCUT2D eigenvalue weighted by Gasteiger charge is -2.35. The van der Waals surface area contributed by atoms with E-state index in [2.05, 4.69) is 0 Å². The van der Waals surface area contributed by atoms with E-state index in [4.69, 9.17) is 30.7 Å². The number of carbonyl (C=O) groups excluding carboxylic acids is 3. The second-order valence-electron chi connectivity index (χ2n) is 4.48. The molecule has 1 atom stereocenters. The van der Waals surface area contributed by atoms with Gasteiger partial charge in [-0.25, -0.2) is 0 Å². The van der Waals surface area contributed by atoms with Crippen LogP contribution < -0.4 is 4.74 Å². The van der Waals surface area contributed by atoms with Crippen molar-refractivity contribution in [3.8, 4) is 5.75 Å². The monoisotopic (exact) mass is 312 g/mol. The predicted octanol–water partition coefficient (Wildman–Crippen LogP) is 2.75. The quantitative estimate of drug-likeness (QED) is 0.803. The molecule has 2 rings (SSSR count). The van der Waals surface area contributed by atoms with Crippen LogP contribution in [0.15, 0.2) is 18.2 Å². The third-order valence-electron chi connectivity index (χ3n) is 3.52. The molecule has 0 aromatic heterocycles. The summed E-state index contributed by atoms with van der Waals surface area (Å²) in [5.41, 5.74) is 0.299. The lowest BCUT2D eigenvalue weighted by molar-refractivity contribution is -0.191. The molecule has 114 valence electrons. The molecular formula is C15H17ClO5. The number of rotatable bonds is 3. The minimum Gasteiger partial charge on any atom is -0.493 e. The molecule has 5 nitrogen and oxygen atoms in total. The topological polar surface area (TPSA) is 69.7 Å². The molecule has 0 bridgehead atoms. The number of ether oxygens (including phenoxy) is 2. The summed E-state index contributed by atoms with van der Waals surface area (Å²) in [5, 5.41) is 0.615. The molecule has 0 saturated heterocycles. The summed E-state index contributed by atoms with van der Waals surface area (Å²) in [7, 11) is 0. The molecule has 1 heterocycles. The van der Waals surface area contributed by atoms with Gasteiger partial charge >= 0.3 is 12.1 Å². The Kier molecular flexibility index (Phi) is 6.40. The smallest absolute Gasteiger partial charge is 0.373 e. The molecule has 0 radical (unpaired) electrons. The van der Waals surface area contributed by atoms with Gasteiger partial charge < -0.3 is 9.47 Å². The van der Waals surface area contributed by atoms with Crippen molar-refractivity contribution in [3.63, 3.8) is 0 Å². The lowest BCUT2D eigenvalue weighted by atomic mass is 9.74. The molecule has 1 unspecified atom stereocenters. The van der Waals surface area contributed by atoms with Crippen molar-refractivity contribution in [1.29, 1.82) is 0 Å². The van der Waals surface area contributed by atoms with Crippen LogP contribution in [0.2, 0.25) is 5.02 Å². The number of halogens is 1. The van der Waals surface area contributed by atoms with Gasteiger partial charge in [0, 0.05) is 17.0 Å². The number of carbonyl (C=O) groups is 1. The standard InChI is InChI=1S/C14H17ClO3.CO2/c1-3-14(13(16)17-4-2)7-8-18-12-9-10(15)5-6-11(12)14;2-1-3/h5-6,9H,3-4,7-8H2,1-2H3;. The third kappa shape index (κ3) is 3.63. The number of hydrogen-bond acceptors (Lipinski definition) is 5. The Hall–Kier alpha value is -1.84. The van der Waals surface area contributed by atoms with Crippen molar-refractivity contribution >= 4 is 23.7 Å². The molecule has 1 aromatic carbocycles. The summed E-state index contributed by atoms with van der Waals surface area (Å²) in [4.78, 5) is 28.5. The summed E-state index contributed by atoms with van der Waals surface area (Å²) < 4.78 is 10.8. The van der Waals surface area contributed by atoms with Gasteiger partial charge in [-0.2, -0.15) is 9.59 Å². The molecule has 1 aromatic rings. The first-order chi connectivity index (χ1) is 10.1. The van der Waals surface area contributed by atoms with Crippen molar-refractivity contribution in [2.45, 2.75) is 32.1 Å². The van der Waals surface area contributed by atoms with E-state index in [9.17, 15) is 4.79 Å². The van der Waals surface area contributed by atoms with Crippen LogP contribution >= 0.6 is 11.6 Å². The molecule has 0 aliphatic carbocycles. The van der Waals surface area contributed by atoms with Gasteiger partial charge in [0.05, 0.1) is 18.6 Å². The molecule has 0 saturated carbocycles. The maximum Gasteiger partial charge on any atom is 0.373 e. The Morgan fingerprint density at radius 3 is 2.67 bits per heavy atom. The third-order valence-corrected chi connectivity index (χ3v) is 3.75. The largest absolute Gasteiger partial charge is 0.493 e. The second-order valence-corrected chi connectivity index (χ2v) is 4.91. The fraction of sp³-hybridized carbons (Fsp3) is 0.467. The van der Waals surface area contributed by atoms with Crippen LogP contribution in [0.25, 0.3) is 0 Å².